The first-order valence-electron chi connectivity index (χ1n) is 8.94. The largest absolute Gasteiger partial charge is 0.481 e. The Balaban J connectivity index is 2.01. The summed E-state index contributed by atoms with van der Waals surface area (Å²) in [7, 11) is 0. The van der Waals surface area contributed by atoms with Gasteiger partial charge >= 0.3 is 5.97 Å². The second kappa shape index (κ2) is 5.20. The summed E-state index contributed by atoms with van der Waals surface area (Å²) in [6.45, 7) is 10.3. The van der Waals surface area contributed by atoms with Gasteiger partial charge in [0.25, 0.3) is 0 Å². The molecule has 128 valence electrons. The molecule has 3 rings (SSSR count). The number of allylic oxidation sites excluding steroid dienone is 3. The van der Waals surface area contributed by atoms with Crippen molar-refractivity contribution in [2.24, 2.45) is 28.1 Å². The zero-order valence-electron chi connectivity index (χ0n) is 14.6. The molecule has 0 aromatic rings. The summed E-state index contributed by atoms with van der Waals surface area (Å²) in [6.07, 6.45) is 9.26. The Labute approximate surface area is 139 Å². The zero-order chi connectivity index (χ0) is 17.0. The molecule has 0 aromatic carbocycles. The molecule has 2 fully saturated rings. The van der Waals surface area contributed by atoms with Crippen molar-refractivity contribution in [2.75, 3.05) is 0 Å². The van der Waals surface area contributed by atoms with Gasteiger partial charge in [-0.15, -0.1) is 6.58 Å². The molecule has 0 bridgehead atoms. The second-order valence-corrected chi connectivity index (χ2v) is 8.76. The highest BCUT2D eigenvalue weighted by molar-refractivity contribution is 5.76. The molecule has 0 spiro atoms. The summed E-state index contributed by atoms with van der Waals surface area (Å²) in [5.74, 6) is -0.327. The van der Waals surface area contributed by atoms with Crippen LogP contribution in [0.25, 0.3) is 0 Å². The summed E-state index contributed by atoms with van der Waals surface area (Å²) < 4.78 is 0. The Morgan fingerprint density at radius 3 is 2.57 bits per heavy atom. The van der Waals surface area contributed by atoms with Crippen LogP contribution in [0.4, 0.5) is 0 Å². The molecule has 0 aromatic heterocycles. The van der Waals surface area contributed by atoms with Gasteiger partial charge in [-0.25, -0.2) is 0 Å². The van der Waals surface area contributed by atoms with Crippen LogP contribution in [0.2, 0.25) is 0 Å². The number of hydrogen-bond acceptors (Lipinski definition) is 2. The van der Waals surface area contributed by atoms with Gasteiger partial charge in [-0.1, -0.05) is 31.6 Å². The number of aliphatic hydroxyl groups excluding tert-OH is 1. The first-order valence-corrected chi connectivity index (χ1v) is 8.94. The van der Waals surface area contributed by atoms with E-state index in [0.29, 0.717) is 12.3 Å². The molecule has 0 heterocycles. The fraction of sp³-hybridized carbons (Fsp3) is 0.750. The van der Waals surface area contributed by atoms with E-state index in [4.69, 9.17) is 0 Å². The number of aliphatic carboxylic acids is 1. The van der Waals surface area contributed by atoms with Crippen LogP contribution in [0.5, 0.6) is 0 Å². The van der Waals surface area contributed by atoms with Crippen molar-refractivity contribution in [3.63, 3.8) is 0 Å². The molecule has 3 aliphatic rings. The van der Waals surface area contributed by atoms with Crippen LogP contribution >= 0.6 is 0 Å². The van der Waals surface area contributed by atoms with Crippen molar-refractivity contribution in [3.05, 3.63) is 24.3 Å². The molecule has 3 nitrogen and oxygen atoms in total. The third kappa shape index (κ3) is 2.23. The van der Waals surface area contributed by atoms with Crippen molar-refractivity contribution in [3.8, 4) is 0 Å². The lowest BCUT2D eigenvalue weighted by Crippen LogP contribution is -2.59. The predicted molar refractivity (Wildman–Crippen MR) is 90.9 cm³/mol. The van der Waals surface area contributed by atoms with Crippen molar-refractivity contribution in [2.45, 2.75) is 65.4 Å². The van der Waals surface area contributed by atoms with E-state index >= 15 is 0 Å². The number of carboxylic acid groups (broad SMARTS) is 1. The maximum Gasteiger partial charge on any atom is 0.312 e. The summed E-state index contributed by atoms with van der Waals surface area (Å²) in [5.41, 5.74) is 0.553. The minimum absolute atomic E-state index is 0.0149. The molecule has 3 heteroatoms. The summed E-state index contributed by atoms with van der Waals surface area (Å²) in [6, 6.07) is 0. The standard InChI is InChI=1S/C20H30O3/c1-5-18(2)10-8-14-13(12-18)6-7-15-19(14,3)11-9-16(21)20(15,4)17(22)23/h5,12,14-16,21H,1,6-11H2,2-4H3,(H,22,23)/t14?,15?,16-,18-,19+,20-/m0/s1. The third-order valence-corrected chi connectivity index (χ3v) is 7.55. The van der Waals surface area contributed by atoms with Crippen LogP contribution in [-0.2, 0) is 4.79 Å². The first-order chi connectivity index (χ1) is 10.7. The van der Waals surface area contributed by atoms with Gasteiger partial charge in [0.15, 0.2) is 0 Å². The van der Waals surface area contributed by atoms with E-state index in [2.05, 4.69) is 32.6 Å². The van der Waals surface area contributed by atoms with E-state index in [-0.39, 0.29) is 16.7 Å². The molecule has 0 saturated heterocycles. The molecule has 2 unspecified atom stereocenters. The number of carboxylic acids is 1. The zero-order valence-corrected chi connectivity index (χ0v) is 14.6. The molecule has 3 aliphatic carbocycles. The molecular weight excluding hydrogens is 288 g/mol. The Hall–Kier alpha value is -1.09. The highest BCUT2D eigenvalue weighted by Crippen LogP contribution is 2.63. The number of hydrogen-bond donors (Lipinski definition) is 2. The fourth-order valence-electron chi connectivity index (χ4n) is 5.89. The summed E-state index contributed by atoms with van der Waals surface area (Å²) >= 11 is 0. The molecule has 0 amide bonds. The lowest BCUT2D eigenvalue weighted by Gasteiger charge is -2.60. The van der Waals surface area contributed by atoms with E-state index in [1.54, 1.807) is 6.92 Å². The molecule has 0 radical (unpaired) electrons. The van der Waals surface area contributed by atoms with Crippen molar-refractivity contribution in [1.29, 1.82) is 0 Å². The van der Waals surface area contributed by atoms with E-state index in [1.807, 2.05) is 0 Å². The van der Waals surface area contributed by atoms with Crippen molar-refractivity contribution >= 4 is 5.97 Å². The molecular formula is C20H30O3. The number of rotatable bonds is 2. The first kappa shape index (κ1) is 16.8. The third-order valence-electron chi connectivity index (χ3n) is 7.55. The Morgan fingerprint density at radius 2 is 1.96 bits per heavy atom. The van der Waals surface area contributed by atoms with E-state index in [1.165, 1.54) is 5.57 Å². The fourth-order valence-corrected chi connectivity index (χ4v) is 5.89. The average Bonchev–Trinajstić information content (AvgIpc) is 2.51. The van der Waals surface area contributed by atoms with Crippen molar-refractivity contribution < 1.29 is 15.0 Å². The van der Waals surface area contributed by atoms with Gasteiger partial charge in [0, 0.05) is 5.41 Å². The van der Waals surface area contributed by atoms with Crippen LogP contribution in [0.15, 0.2) is 24.3 Å². The molecule has 23 heavy (non-hydrogen) atoms. The molecule has 2 saturated carbocycles. The van der Waals surface area contributed by atoms with E-state index in [0.717, 1.165) is 32.1 Å². The van der Waals surface area contributed by atoms with Gasteiger partial charge in [-0.3, -0.25) is 4.79 Å². The van der Waals surface area contributed by atoms with Crippen molar-refractivity contribution in [1.82, 2.24) is 0 Å². The van der Waals surface area contributed by atoms with Gasteiger partial charge in [-0.2, -0.15) is 0 Å². The lowest BCUT2D eigenvalue weighted by atomic mass is 9.44. The molecule has 0 aliphatic heterocycles. The highest BCUT2D eigenvalue weighted by Gasteiger charge is 2.61. The molecule has 6 atom stereocenters. The van der Waals surface area contributed by atoms with Gasteiger partial charge < -0.3 is 10.2 Å². The quantitative estimate of drug-likeness (QED) is 0.751. The van der Waals surface area contributed by atoms with E-state index in [9.17, 15) is 15.0 Å². The number of carbonyl (C=O) groups is 1. The van der Waals surface area contributed by atoms with Crippen LogP contribution in [0.3, 0.4) is 0 Å². The lowest BCUT2D eigenvalue weighted by molar-refractivity contribution is -0.183. The maximum atomic E-state index is 12.0. The van der Waals surface area contributed by atoms with Crippen LogP contribution in [-0.4, -0.2) is 22.3 Å². The number of aliphatic hydroxyl groups is 1. The maximum absolute atomic E-state index is 12.0. The number of fused-ring (bicyclic) bond motifs is 3. The normalized spacial score (nSPS) is 49.6. The topological polar surface area (TPSA) is 57.5 Å². The molecule has 2 N–H and O–H groups in total. The second-order valence-electron chi connectivity index (χ2n) is 8.76. The highest BCUT2D eigenvalue weighted by atomic mass is 16.4. The van der Waals surface area contributed by atoms with E-state index < -0.39 is 17.5 Å². The SMILES string of the molecule is C=C[C@]1(C)C=C2CCC3[C@](C)(CC[C@H](O)[C@@]3(C)C(=O)O)C2CC1. The van der Waals surface area contributed by atoms with Gasteiger partial charge in [0.2, 0.25) is 0 Å². The van der Waals surface area contributed by atoms with Gasteiger partial charge in [0.05, 0.1) is 11.5 Å². The van der Waals surface area contributed by atoms with Crippen LogP contribution in [0.1, 0.15) is 59.3 Å². The Kier molecular flexibility index (Phi) is 3.79. The van der Waals surface area contributed by atoms with Gasteiger partial charge in [-0.05, 0) is 62.7 Å². The predicted octanol–water partition coefficient (Wildman–Crippen LogP) is 4.18. The smallest absolute Gasteiger partial charge is 0.312 e. The monoisotopic (exact) mass is 318 g/mol. The van der Waals surface area contributed by atoms with Crippen LogP contribution < -0.4 is 0 Å². The summed E-state index contributed by atoms with van der Waals surface area (Å²) in [4.78, 5) is 12.0. The minimum Gasteiger partial charge on any atom is -0.481 e. The average molecular weight is 318 g/mol. The Bertz CT molecular complexity index is 565. The minimum atomic E-state index is -1.02. The Morgan fingerprint density at radius 1 is 1.26 bits per heavy atom. The van der Waals surface area contributed by atoms with Gasteiger partial charge in [0.1, 0.15) is 0 Å². The summed E-state index contributed by atoms with van der Waals surface area (Å²) in [5, 5.41) is 20.3. The van der Waals surface area contributed by atoms with Crippen LogP contribution in [0, 0.1) is 28.1 Å².